The summed E-state index contributed by atoms with van der Waals surface area (Å²) in [4.78, 5) is 86.2. The molecule has 0 aromatic rings. The van der Waals surface area contributed by atoms with E-state index >= 15 is 0 Å². The van der Waals surface area contributed by atoms with Crippen LogP contribution in [0.25, 0.3) is 0 Å². The van der Waals surface area contributed by atoms with Crippen LogP contribution in [0.1, 0.15) is 0 Å². The van der Waals surface area contributed by atoms with E-state index in [0.29, 0.717) is 0 Å². The maximum atomic E-state index is 8.88. The van der Waals surface area contributed by atoms with E-state index in [1.54, 1.807) is 0 Å². The summed E-state index contributed by atoms with van der Waals surface area (Å²) in [5.41, 5.74) is 0. The van der Waals surface area contributed by atoms with Crippen LogP contribution in [0.2, 0.25) is 0 Å². The summed E-state index contributed by atoms with van der Waals surface area (Å²) in [7, 11) is -18.6. The molecule has 0 aliphatic heterocycles. The average Bonchev–Trinajstić information content (AvgIpc) is 1.62. The Morgan fingerprint density at radius 3 is 0.333 bits per heavy atom. The number of hydrogen-bond donors (Lipinski definition) is 12. The molecule has 0 atom stereocenters. The van der Waals surface area contributed by atoms with Gasteiger partial charge in [0.05, 0.1) is 0 Å². The average molecular weight is 400 g/mol. The summed E-state index contributed by atoms with van der Waals surface area (Å²) < 4.78 is 35.5. The molecule has 0 spiro atoms. The molecule has 0 saturated carbocycles. The van der Waals surface area contributed by atoms with Crippen molar-refractivity contribution in [2.24, 2.45) is 0 Å². The Balaban J connectivity index is -0.0000000533. The van der Waals surface area contributed by atoms with Gasteiger partial charge in [-0.3, -0.25) is 0 Å². The first-order valence-corrected chi connectivity index (χ1v) is 9.39. The zero-order chi connectivity index (χ0) is 18.0. The molecule has 0 saturated heterocycles. The summed E-state index contributed by atoms with van der Waals surface area (Å²) in [6.07, 6.45) is 0. The molecule has 12 N–H and O–H groups in total. The molecule has 21 heteroatoms. The van der Waals surface area contributed by atoms with E-state index in [1.165, 1.54) is 0 Å². The summed E-state index contributed by atoms with van der Waals surface area (Å²) in [6.45, 7) is 0. The summed E-state index contributed by atoms with van der Waals surface area (Å²) >= 11 is 0. The molecular formula is H13LiO16P4. The van der Waals surface area contributed by atoms with Crippen LogP contribution >= 0.6 is 31.3 Å². The van der Waals surface area contributed by atoms with Crippen LogP contribution in [-0.4, -0.2) is 77.6 Å². The molecule has 21 heavy (non-hydrogen) atoms. The van der Waals surface area contributed by atoms with Crippen LogP contribution < -0.4 is 0 Å². The Bertz CT molecular complexity index is 285. The zero-order valence-electron chi connectivity index (χ0n) is 8.79. The number of phosphoric acid groups is 4. The first kappa shape index (κ1) is 33.6. The van der Waals surface area contributed by atoms with Gasteiger partial charge >= 0.3 is 50.2 Å². The second kappa shape index (κ2) is 13.5. The fraction of sp³-hybridized carbons (Fsp3) is 0. The van der Waals surface area contributed by atoms with Crippen molar-refractivity contribution in [3.8, 4) is 0 Å². The minimum absolute atomic E-state index is 0. The molecule has 0 unspecified atom stereocenters. The van der Waals surface area contributed by atoms with Gasteiger partial charge in [0, 0.05) is 0 Å². The van der Waals surface area contributed by atoms with Crippen LogP contribution in [0, 0.1) is 0 Å². The fourth-order valence-corrected chi connectivity index (χ4v) is 0. The van der Waals surface area contributed by atoms with Gasteiger partial charge in [0.2, 0.25) is 0 Å². The van der Waals surface area contributed by atoms with E-state index in [4.69, 9.17) is 77.0 Å². The third kappa shape index (κ3) is 7080. The van der Waals surface area contributed by atoms with Crippen LogP contribution in [-0.2, 0) is 18.3 Å². The van der Waals surface area contributed by atoms with Crippen molar-refractivity contribution in [3.05, 3.63) is 0 Å². The Hall–Kier alpha value is 1.04. The Morgan fingerprint density at radius 2 is 0.333 bits per heavy atom. The van der Waals surface area contributed by atoms with Crippen molar-refractivity contribution in [1.82, 2.24) is 0 Å². The zero-order valence-corrected chi connectivity index (χ0v) is 12.4. The molecule has 0 heterocycles. The molecule has 0 aromatic heterocycles. The van der Waals surface area contributed by atoms with Gasteiger partial charge in [-0.2, -0.15) is 0 Å². The van der Waals surface area contributed by atoms with Crippen molar-refractivity contribution in [2.75, 3.05) is 0 Å². The van der Waals surface area contributed by atoms with E-state index in [-0.39, 0.29) is 18.9 Å². The molecular weight excluding hydrogens is 387 g/mol. The first-order valence-electron chi connectivity index (χ1n) is 3.13. The van der Waals surface area contributed by atoms with Gasteiger partial charge < -0.3 is 58.7 Å². The number of hydrogen-bond acceptors (Lipinski definition) is 4. The van der Waals surface area contributed by atoms with Crippen LogP contribution in [0.5, 0.6) is 0 Å². The predicted octanol–water partition coefficient (Wildman–Crippen LogP) is -4.36. The molecule has 0 fully saturated rings. The van der Waals surface area contributed by atoms with E-state index in [2.05, 4.69) is 0 Å². The predicted molar refractivity (Wildman–Crippen MR) is 64.2 cm³/mol. The SMILES string of the molecule is O=P(O)(O)O.O=P(O)(O)O.O=P(O)(O)O.O=P(O)(O)O.[LiH]. The summed E-state index contributed by atoms with van der Waals surface area (Å²) in [5, 5.41) is 0. The number of rotatable bonds is 0. The monoisotopic (exact) mass is 400 g/mol. The molecule has 0 rings (SSSR count). The molecule has 0 aliphatic carbocycles. The molecule has 0 radical (unpaired) electrons. The van der Waals surface area contributed by atoms with Crippen molar-refractivity contribution >= 4 is 50.2 Å². The van der Waals surface area contributed by atoms with Crippen molar-refractivity contribution in [2.45, 2.75) is 0 Å². The topological polar surface area (TPSA) is 311 Å². The van der Waals surface area contributed by atoms with E-state index in [0.717, 1.165) is 0 Å². The van der Waals surface area contributed by atoms with Crippen LogP contribution in [0.15, 0.2) is 0 Å². The van der Waals surface area contributed by atoms with E-state index in [1.807, 2.05) is 0 Å². The van der Waals surface area contributed by atoms with E-state index in [9.17, 15) is 0 Å². The van der Waals surface area contributed by atoms with Gasteiger partial charge in [0.1, 0.15) is 0 Å². The van der Waals surface area contributed by atoms with Crippen LogP contribution in [0.3, 0.4) is 0 Å². The quantitative estimate of drug-likeness (QED) is 0.135. The molecule has 130 valence electrons. The normalized spacial score (nSPS) is 11.2. The molecule has 0 aliphatic rings. The van der Waals surface area contributed by atoms with Gasteiger partial charge in [-0.15, -0.1) is 0 Å². The molecule has 0 aromatic carbocycles. The van der Waals surface area contributed by atoms with E-state index < -0.39 is 31.3 Å². The molecule has 0 bridgehead atoms. The Labute approximate surface area is 127 Å². The summed E-state index contributed by atoms with van der Waals surface area (Å²) in [6, 6.07) is 0. The summed E-state index contributed by atoms with van der Waals surface area (Å²) in [5.74, 6) is 0. The van der Waals surface area contributed by atoms with Crippen LogP contribution in [0.4, 0.5) is 0 Å². The third-order valence-electron chi connectivity index (χ3n) is 0. The maximum absolute atomic E-state index is 8.88. The Morgan fingerprint density at radius 1 is 0.333 bits per heavy atom. The van der Waals surface area contributed by atoms with Gasteiger partial charge in [0.15, 0.2) is 0 Å². The second-order valence-corrected chi connectivity index (χ2v) is 6.16. The van der Waals surface area contributed by atoms with Gasteiger partial charge in [-0.1, -0.05) is 0 Å². The standard InChI is InChI=1S/Li.4H3O4P.H/c;4*1-5(2,3)4;/h;4*(H3,1,2,3,4);. The van der Waals surface area contributed by atoms with Crippen molar-refractivity contribution in [3.63, 3.8) is 0 Å². The second-order valence-electron chi connectivity index (χ2n) is 2.05. The fourth-order valence-electron chi connectivity index (χ4n) is 0. The van der Waals surface area contributed by atoms with Gasteiger partial charge in [-0.25, -0.2) is 18.3 Å². The van der Waals surface area contributed by atoms with Gasteiger partial charge in [0.25, 0.3) is 0 Å². The van der Waals surface area contributed by atoms with Crippen molar-refractivity contribution < 1.29 is 77.0 Å². The Kier molecular flexibility index (Phi) is 21.6. The first-order chi connectivity index (χ1) is 8.00. The molecule has 16 nitrogen and oxygen atoms in total. The van der Waals surface area contributed by atoms with Gasteiger partial charge in [-0.05, 0) is 0 Å². The third-order valence-corrected chi connectivity index (χ3v) is 0. The molecule has 0 amide bonds. The minimum atomic E-state index is -4.64. The van der Waals surface area contributed by atoms with Crippen molar-refractivity contribution in [1.29, 1.82) is 0 Å².